The number of hydrogen-bond donors (Lipinski definition) is 0. The van der Waals surface area contributed by atoms with Crippen LogP contribution < -0.4 is 0 Å². The van der Waals surface area contributed by atoms with E-state index in [1.54, 1.807) is 16.3 Å². The second-order valence-corrected chi connectivity index (χ2v) is 7.62. The molecule has 4 rings (SSSR count). The van der Waals surface area contributed by atoms with Crippen LogP contribution in [-0.4, -0.2) is 19.8 Å². The van der Waals surface area contributed by atoms with E-state index in [1.165, 1.54) is 16.7 Å². The van der Waals surface area contributed by atoms with Crippen molar-refractivity contribution in [2.45, 2.75) is 24.6 Å². The zero-order valence-electron chi connectivity index (χ0n) is 14.5. The van der Waals surface area contributed by atoms with Gasteiger partial charge < -0.3 is 0 Å². The fourth-order valence-electron chi connectivity index (χ4n) is 2.74. The molecule has 0 N–H and O–H groups in total. The SMILES string of the molecule is Cc1ccc(C)c(CSc2ccc3nnc(-c4ccc(Cl)cc4)n3n2)c1. The number of rotatable bonds is 4. The second kappa shape index (κ2) is 7.09. The maximum Gasteiger partial charge on any atom is 0.185 e. The first-order valence-corrected chi connectivity index (χ1v) is 9.64. The molecule has 0 atom stereocenters. The summed E-state index contributed by atoms with van der Waals surface area (Å²) in [6.45, 7) is 4.26. The Morgan fingerprint density at radius 3 is 2.58 bits per heavy atom. The Balaban J connectivity index is 1.63. The molecular weight excluding hydrogens is 364 g/mol. The summed E-state index contributed by atoms with van der Waals surface area (Å²) in [4.78, 5) is 0. The van der Waals surface area contributed by atoms with Crippen LogP contribution in [0.3, 0.4) is 0 Å². The fraction of sp³-hybridized carbons (Fsp3) is 0.150. The van der Waals surface area contributed by atoms with E-state index < -0.39 is 0 Å². The van der Waals surface area contributed by atoms with Gasteiger partial charge in [0.25, 0.3) is 0 Å². The summed E-state index contributed by atoms with van der Waals surface area (Å²) < 4.78 is 1.79. The largest absolute Gasteiger partial charge is 0.192 e. The van der Waals surface area contributed by atoms with Crippen molar-refractivity contribution in [1.82, 2.24) is 19.8 Å². The van der Waals surface area contributed by atoms with Crippen LogP contribution in [-0.2, 0) is 5.75 Å². The molecule has 2 aromatic heterocycles. The van der Waals surface area contributed by atoms with Gasteiger partial charge in [-0.3, -0.25) is 0 Å². The van der Waals surface area contributed by atoms with Crippen molar-refractivity contribution in [2.24, 2.45) is 0 Å². The van der Waals surface area contributed by atoms with Crippen molar-refractivity contribution >= 4 is 29.0 Å². The first-order chi connectivity index (χ1) is 12.6. The molecule has 0 aliphatic heterocycles. The van der Waals surface area contributed by atoms with Gasteiger partial charge in [0.1, 0.15) is 5.03 Å². The molecule has 0 amide bonds. The molecule has 0 aliphatic rings. The summed E-state index contributed by atoms with van der Waals surface area (Å²) in [5.41, 5.74) is 5.57. The first-order valence-electron chi connectivity index (χ1n) is 8.27. The lowest BCUT2D eigenvalue weighted by Crippen LogP contribution is -1.97. The highest BCUT2D eigenvalue weighted by Gasteiger charge is 2.10. The maximum atomic E-state index is 5.98. The van der Waals surface area contributed by atoms with Gasteiger partial charge in [-0.15, -0.1) is 10.2 Å². The molecule has 0 spiro atoms. The van der Waals surface area contributed by atoms with Crippen molar-refractivity contribution < 1.29 is 0 Å². The summed E-state index contributed by atoms with van der Waals surface area (Å²) >= 11 is 7.69. The minimum absolute atomic E-state index is 0.695. The first kappa shape index (κ1) is 17.1. The predicted octanol–water partition coefficient (Wildman–Crippen LogP) is 5.35. The molecule has 6 heteroatoms. The minimum atomic E-state index is 0.695. The van der Waals surface area contributed by atoms with Crippen LogP contribution in [0.4, 0.5) is 0 Å². The molecule has 0 bridgehead atoms. The van der Waals surface area contributed by atoms with Crippen LogP contribution in [0.25, 0.3) is 17.0 Å². The Hall–Kier alpha value is -2.37. The van der Waals surface area contributed by atoms with Crippen LogP contribution >= 0.6 is 23.4 Å². The van der Waals surface area contributed by atoms with E-state index in [4.69, 9.17) is 16.7 Å². The second-order valence-electron chi connectivity index (χ2n) is 6.19. The van der Waals surface area contributed by atoms with Crippen molar-refractivity contribution in [1.29, 1.82) is 0 Å². The highest BCUT2D eigenvalue weighted by atomic mass is 35.5. The van der Waals surface area contributed by atoms with Crippen LogP contribution in [0.2, 0.25) is 5.02 Å². The average molecular weight is 381 g/mol. The molecule has 130 valence electrons. The van der Waals surface area contributed by atoms with Crippen LogP contribution in [0.5, 0.6) is 0 Å². The van der Waals surface area contributed by atoms with Gasteiger partial charge in [-0.1, -0.05) is 47.1 Å². The van der Waals surface area contributed by atoms with Gasteiger partial charge in [-0.25, -0.2) is 0 Å². The molecular formula is C20H17ClN4S. The third-order valence-corrected chi connectivity index (χ3v) is 5.44. The van der Waals surface area contributed by atoms with Crippen molar-refractivity contribution in [3.8, 4) is 11.4 Å². The van der Waals surface area contributed by atoms with E-state index in [0.717, 1.165) is 22.0 Å². The number of thioether (sulfide) groups is 1. The van der Waals surface area contributed by atoms with Gasteiger partial charge in [0.05, 0.1) is 0 Å². The molecule has 0 saturated heterocycles. The van der Waals surface area contributed by atoms with E-state index >= 15 is 0 Å². The summed E-state index contributed by atoms with van der Waals surface area (Å²) in [7, 11) is 0. The van der Waals surface area contributed by atoms with Gasteiger partial charge >= 0.3 is 0 Å². The maximum absolute atomic E-state index is 5.98. The highest BCUT2D eigenvalue weighted by Crippen LogP contribution is 2.25. The number of aryl methyl sites for hydroxylation is 2. The normalized spacial score (nSPS) is 11.2. The lowest BCUT2D eigenvalue weighted by molar-refractivity contribution is 0.860. The van der Waals surface area contributed by atoms with Gasteiger partial charge in [0, 0.05) is 16.3 Å². The lowest BCUT2D eigenvalue weighted by Gasteiger charge is -2.07. The Bertz CT molecular complexity index is 1070. The van der Waals surface area contributed by atoms with Gasteiger partial charge in [0.15, 0.2) is 11.5 Å². The predicted molar refractivity (Wildman–Crippen MR) is 107 cm³/mol. The molecule has 2 aromatic carbocycles. The molecule has 0 aliphatic carbocycles. The Morgan fingerprint density at radius 1 is 0.962 bits per heavy atom. The summed E-state index contributed by atoms with van der Waals surface area (Å²) in [5.74, 6) is 1.59. The van der Waals surface area contributed by atoms with Crippen molar-refractivity contribution in [2.75, 3.05) is 0 Å². The van der Waals surface area contributed by atoms with E-state index in [2.05, 4.69) is 42.2 Å². The fourth-order valence-corrected chi connectivity index (χ4v) is 3.78. The molecule has 4 aromatic rings. The molecule has 0 saturated carbocycles. The van der Waals surface area contributed by atoms with Crippen LogP contribution in [0.1, 0.15) is 16.7 Å². The summed E-state index contributed by atoms with van der Waals surface area (Å²) in [6, 6.07) is 18.0. The molecule has 0 unspecified atom stereocenters. The Labute approximate surface area is 161 Å². The van der Waals surface area contributed by atoms with E-state index in [-0.39, 0.29) is 0 Å². The molecule has 0 radical (unpaired) electrons. The summed E-state index contributed by atoms with van der Waals surface area (Å²) in [6.07, 6.45) is 0. The van der Waals surface area contributed by atoms with Crippen molar-refractivity contribution in [3.63, 3.8) is 0 Å². The highest BCUT2D eigenvalue weighted by molar-refractivity contribution is 7.98. The standard InChI is InChI=1S/C20H17ClN4S/c1-13-3-4-14(2)16(11-13)12-26-19-10-9-18-22-23-20(25(18)24-19)15-5-7-17(21)8-6-15/h3-11H,12H2,1-2H3. The third kappa shape index (κ3) is 3.45. The topological polar surface area (TPSA) is 43.1 Å². The average Bonchev–Trinajstić information content (AvgIpc) is 3.06. The van der Waals surface area contributed by atoms with Gasteiger partial charge in [-0.2, -0.15) is 9.61 Å². The van der Waals surface area contributed by atoms with Gasteiger partial charge in [-0.05, 0) is 61.4 Å². The zero-order valence-corrected chi connectivity index (χ0v) is 16.1. The van der Waals surface area contributed by atoms with E-state index in [9.17, 15) is 0 Å². The lowest BCUT2D eigenvalue weighted by atomic mass is 10.1. The monoisotopic (exact) mass is 380 g/mol. The molecule has 4 nitrogen and oxygen atoms in total. The molecule has 26 heavy (non-hydrogen) atoms. The number of nitrogens with zero attached hydrogens (tertiary/aromatic N) is 4. The quantitative estimate of drug-likeness (QED) is 0.447. The number of fused-ring (bicyclic) bond motifs is 1. The Morgan fingerprint density at radius 2 is 1.77 bits per heavy atom. The number of hydrogen-bond acceptors (Lipinski definition) is 4. The van der Waals surface area contributed by atoms with Crippen LogP contribution in [0.15, 0.2) is 59.6 Å². The Kier molecular flexibility index (Phi) is 4.66. The van der Waals surface area contributed by atoms with E-state index in [1.807, 2.05) is 36.4 Å². The number of benzene rings is 2. The number of halogens is 1. The third-order valence-electron chi connectivity index (χ3n) is 4.22. The van der Waals surface area contributed by atoms with Crippen LogP contribution in [0, 0.1) is 13.8 Å². The smallest absolute Gasteiger partial charge is 0.185 e. The summed E-state index contributed by atoms with van der Waals surface area (Å²) in [5, 5.41) is 14.8. The van der Waals surface area contributed by atoms with Gasteiger partial charge in [0.2, 0.25) is 0 Å². The molecule has 2 heterocycles. The van der Waals surface area contributed by atoms with E-state index in [0.29, 0.717) is 10.8 Å². The number of aromatic nitrogens is 4. The molecule has 0 fully saturated rings. The zero-order chi connectivity index (χ0) is 18.1. The van der Waals surface area contributed by atoms with Crippen molar-refractivity contribution in [3.05, 3.63) is 76.3 Å². The minimum Gasteiger partial charge on any atom is -0.192 e.